The Bertz CT molecular complexity index is 1220. The van der Waals surface area contributed by atoms with Crippen LogP contribution in [0.5, 0.6) is 11.5 Å². The van der Waals surface area contributed by atoms with Crippen LogP contribution in [0.2, 0.25) is 0 Å². The molecule has 31 heavy (non-hydrogen) atoms. The Labute approximate surface area is 182 Å². The number of ether oxygens (including phenoxy) is 1. The van der Waals surface area contributed by atoms with Gasteiger partial charge in [-0.05, 0) is 61.1 Å². The van der Waals surface area contributed by atoms with Gasteiger partial charge in [-0.3, -0.25) is 4.98 Å². The van der Waals surface area contributed by atoms with E-state index in [1.165, 1.54) is 19.6 Å². The van der Waals surface area contributed by atoms with Crippen LogP contribution in [0.25, 0.3) is 22.0 Å². The van der Waals surface area contributed by atoms with Crippen LogP contribution >= 0.6 is 0 Å². The molecule has 0 bridgehead atoms. The number of benzene rings is 2. The molecule has 1 aromatic heterocycles. The molecule has 8 heteroatoms. The zero-order valence-corrected chi connectivity index (χ0v) is 18.4. The highest BCUT2D eigenvalue weighted by atomic mass is 32.2. The summed E-state index contributed by atoms with van der Waals surface area (Å²) in [6.45, 7) is 0. The maximum Gasteiger partial charge on any atom is 0.179 e. The summed E-state index contributed by atoms with van der Waals surface area (Å²) in [5.41, 5.74) is 9.04. The standard InChI is InChI=1S/C23H27N3O4S/c1-30-21-12-15(4-10-20(21)27)14-3-9-19-18(11-14)23(22(13-25-19)31(2,28)29)26-17-7-5-16(24)6-8-17/h3-4,9-13,16-17,27H,5-8,24H2,1-2H3,(H,25,26)/t16-,17-. The van der Waals surface area contributed by atoms with Gasteiger partial charge in [-0.25, -0.2) is 8.42 Å². The number of aromatic nitrogens is 1. The molecule has 1 saturated carbocycles. The van der Waals surface area contributed by atoms with Crippen LogP contribution in [-0.2, 0) is 9.84 Å². The van der Waals surface area contributed by atoms with Crippen molar-refractivity contribution in [2.45, 2.75) is 42.7 Å². The molecule has 7 nitrogen and oxygen atoms in total. The van der Waals surface area contributed by atoms with Crippen LogP contribution in [-0.4, -0.2) is 44.0 Å². The summed E-state index contributed by atoms with van der Waals surface area (Å²) in [6, 6.07) is 11.2. The van der Waals surface area contributed by atoms with E-state index in [1.54, 1.807) is 18.2 Å². The fourth-order valence-electron chi connectivity index (χ4n) is 4.11. The molecular weight excluding hydrogens is 414 g/mol. The van der Waals surface area contributed by atoms with Gasteiger partial charge < -0.3 is 20.9 Å². The first-order valence-corrected chi connectivity index (χ1v) is 12.2. The van der Waals surface area contributed by atoms with E-state index >= 15 is 0 Å². The Kier molecular flexibility index (Phi) is 5.77. The summed E-state index contributed by atoms with van der Waals surface area (Å²) in [7, 11) is -1.98. The molecular formula is C23H27N3O4S. The van der Waals surface area contributed by atoms with Gasteiger partial charge in [0.05, 0.1) is 18.3 Å². The lowest BCUT2D eigenvalue weighted by atomic mass is 9.91. The van der Waals surface area contributed by atoms with Gasteiger partial charge in [-0.1, -0.05) is 12.1 Å². The molecule has 4 rings (SSSR count). The van der Waals surface area contributed by atoms with Gasteiger partial charge in [-0.15, -0.1) is 0 Å². The highest BCUT2D eigenvalue weighted by molar-refractivity contribution is 7.90. The Morgan fingerprint density at radius 2 is 1.77 bits per heavy atom. The summed E-state index contributed by atoms with van der Waals surface area (Å²) in [4.78, 5) is 4.58. The number of anilines is 1. The lowest BCUT2D eigenvalue weighted by molar-refractivity contribution is 0.373. The van der Waals surface area contributed by atoms with Crippen LogP contribution in [0.15, 0.2) is 47.5 Å². The number of phenolic OH excluding ortho intramolecular Hbond substituents is 1. The fraction of sp³-hybridized carbons (Fsp3) is 0.348. The zero-order chi connectivity index (χ0) is 22.2. The number of rotatable bonds is 5. The third-order valence-electron chi connectivity index (χ3n) is 5.87. The third-order valence-corrected chi connectivity index (χ3v) is 6.97. The minimum absolute atomic E-state index is 0.0610. The minimum Gasteiger partial charge on any atom is -0.504 e. The van der Waals surface area contributed by atoms with E-state index < -0.39 is 9.84 Å². The Morgan fingerprint density at radius 1 is 1.10 bits per heavy atom. The third kappa shape index (κ3) is 4.45. The second-order valence-corrected chi connectivity index (χ2v) is 10.1. The number of sulfone groups is 1. The molecule has 0 amide bonds. The molecule has 0 radical (unpaired) electrons. The monoisotopic (exact) mass is 441 g/mol. The maximum atomic E-state index is 12.5. The summed E-state index contributed by atoms with van der Waals surface area (Å²) >= 11 is 0. The average molecular weight is 442 g/mol. The van der Waals surface area contributed by atoms with E-state index in [0.29, 0.717) is 17.0 Å². The summed E-state index contributed by atoms with van der Waals surface area (Å²) in [6.07, 6.45) is 6.23. The van der Waals surface area contributed by atoms with Gasteiger partial charge >= 0.3 is 0 Å². The van der Waals surface area contributed by atoms with E-state index in [0.717, 1.165) is 42.2 Å². The molecule has 1 heterocycles. The van der Waals surface area contributed by atoms with Crippen molar-refractivity contribution in [3.8, 4) is 22.6 Å². The number of hydrogen-bond acceptors (Lipinski definition) is 7. The van der Waals surface area contributed by atoms with E-state index in [2.05, 4.69) is 10.3 Å². The van der Waals surface area contributed by atoms with Crippen molar-refractivity contribution in [3.63, 3.8) is 0 Å². The molecule has 164 valence electrons. The molecule has 1 fully saturated rings. The number of nitrogens with zero attached hydrogens (tertiary/aromatic N) is 1. The second kappa shape index (κ2) is 8.36. The summed E-state index contributed by atoms with van der Waals surface area (Å²) < 4.78 is 30.3. The van der Waals surface area contributed by atoms with Gasteiger partial charge in [0.2, 0.25) is 0 Å². The van der Waals surface area contributed by atoms with E-state index in [9.17, 15) is 13.5 Å². The normalized spacial score (nSPS) is 19.3. The molecule has 0 saturated heterocycles. The zero-order valence-electron chi connectivity index (χ0n) is 17.6. The van der Waals surface area contributed by atoms with E-state index in [1.807, 2.05) is 18.2 Å². The van der Waals surface area contributed by atoms with Crippen molar-refractivity contribution in [1.29, 1.82) is 0 Å². The van der Waals surface area contributed by atoms with Crippen LogP contribution in [0.3, 0.4) is 0 Å². The Hall–Kier alpha value is -2.84. The van der Waals surface area contributed by atoms with Gasteiger partial charge in [0.1, 0.15) is 4.90 Å². The molecule has 0 aliphatic heterocycles. The van der Waals surface area contributed by atoms with Crippen molar-refractivity contribution >= 4 is 26.4 Å². The lowest BCUT2D eigenvalue weighted by Crippen LogP contribution is -2.33. The number of methoxy groups -OCH3 is 1. The summed E-state index contributed by atoms with van der Waals surface area (Å²) in [5.74, 6) is 0.434. The first kappa shape index (κ1) is 21.4. The number of hydrogen-bond donors (Lipinski definition) is 3. The van der Waals surface area contributed by atoms with Gasteiger partial charge in [-0.2, -0.15) is 0 Å². The molecule has 1 aliphatic carbocycles. The minimum atomic E-state index is -3.48. The summed E-state index contributed by atoms with van der Waals surface area (Å²) in [5, 5.41) is 14.1. The predicted octanol–water partition coefficient (Wildman–Crippen LogP) is 3.70. The molecule has 0 atom stereocenters. The highest BCUT2D eigenvalue weighted by Crippen LogP contribution is 2.36. The van der Waals surface area contributed by atoms with Crippen molar-refractivity contribution < 1.29 is 18.3 Å². The van der Waals surface area contributed by atoms with Gasteiger partial charge in [0.15, 0.2) is 21.3 Å². The number of aromatic hydroxyl groups is 1. The Morgan fingerprint density at radius 3 is 2.45 bits per heavy atom. The van der Waals surface area contributed by atoms with Gasteiger partial charge in [0.25, 0.3) is 0 Å². The van der Waals surface area contributed by atoms with Gasteiger partial charge in [0, 0.05) is 29.9 Å². The topological polar surface area (TPSA) is 115 Å². The fourth-order valence-corrected chi connectivity index (χ4v) is 4.89. The lowest BCUT2D eigenvalue weighted by Gasteiger charge is -2.28. The predicted molar refractivity (Wildman–Crippen MR) is 122 cm³/mol. The Balaban J connectivity index is 1.84. The average Bonchev–Trinajstić information content (AvgIpc) is 2.74. The largest absolute Gasteiger partial charge is 0.504 e. The van der Waals surface area contributed by atoms with Crippen LogP contribution in [0.1, 0.15) is 25.7 Å². The molecule has 1 aliphatic rings. The second-order valence-electron chi connectivity index (χ2n) is 8.14. The van der Waals surface area contributed by atoms with Crippen molar-refractivity contribution in [2.24, 2.45) is 5.73 Å². The molecule has 0 unspecified atom stereocenters. The highest BCUT2D eigenvalue weighted by Gasteiger charge is 2.23. The van der Waals surface area contributed by atoms with E-state index in [-0.39, 0.29) is 22.7 Å². The number of nitrogens with two attached hydrogens (primary N) is 1. The number of nitrogens with one attached hydrogen (secondary N) is 1. The van der Waals surface area contributed by atoms with Crippen molar-refractivity contribution in [3.05, 3.63) is 42.6 Å². The van der Waals surface area contributed by atoms with Crippen LogP contribution in [0, 0.1) is 0 Å². The number of phenols is 1. The number of fused-ring (bicyclic) bond motifs is 1. The molecule has 3 aromatic rings. The van der Waals surface area contributed by atoms with Crippen molar-refractivity contribution in [1.82, 2.24) is 4.98 Å². The van der Waals surface area contributed by atoms with Crippen molar-refractivity contribution in [2.75, 3.05) is 18.7 Å². The maximum absolute atomic E-state index is 12.5. The van der Waals surface area contributed by atoms with E-state index in [4.69, 9.17) is 10.5 Å². The molecule has 0 spiro atoms. The van der Waals surface area contributed by atoms with Crippen LogP contribution in [0.4, 0.5) is 5.69 Å². The first-order chi connectivity index (χ1) is 14.8. The number of pyridine rings is 1. The quantitative estimate of drug-likeness (QED) is 0.553. The molecule has 4 N–H and O–H groups in total. The smallest absolute Gasteiger partial charge is 0.179 e. The first-order valence-electron chi connectivity index (χ1n) is 10.3. The molecule has 2 aromatic carbocycles. The SMILES string of the molecule is COc1cc(-c2ccc3ncc(S(C)(=O)=O)c(N[C@H]4CC[C@H](N)CC4)c3c2)ccc1O. The van der Waals surface area contributed by atoms with Crippen LogP contribution < -0.4 is 15.8 Å².